The second-order valence-corrected chi connectivity index (χ2v) is 6.97. The van der Waals surface area contributed by atoms with E-state index in [1.165, 1.54) is 18.7 Å². The van der Waals surface area contributed by atoms with E-state index in [2.05, 4.69) is 5.32 Å². The predicted octanol–water partition coefficient (Wildman–Crippen LogP) is 2.90. The Hall–Kier alpha value is -2.12. The minimum absolute atomic E-state index is 0.0242. The molecule has 126 valence electrons. The molecule has 2 rings (SSSR count). The average molecular weight is 363 g/mol. The number of Topliss-reactive ketones (excluding diaryl/α,β-unsaturated/α-hetero) is 1. The molecule has 1 heterocycles. The van der Waals surface area contributed by atoms with Crippen LogP contribution >= 0.6 is 23.1 Å². The first-order chi connectivity index (χ1) is 11.6. The number of esters is 1. The molecule has 0 bridgehead atoms. The molecular weight excluding hydrogens is 346 g/mol. The van der Waals surface area contributed by atoms with Crippen molar-refractivity contribution >= 4 is 40.8 Å². The number of amides is 1. The quantitative estimate of drug-likeness (QED) is 0.577. The van der Waals surface area contributed by atoms with Crippen molar-refractivity contribution in [1.82, 2.24) is 5.32 Å². The van der Waals surface area contributed by atoms with Crippen LogP contribution in [0.5, 0.6) is 0 Å². The van der Waals surface area contributed by atoms with E-state index >= 15 is 0 Å². The molecule has 1 amide bonds. The topological polar surface area (TPSA) is 72.5 Å². The van der Waals surface area contributed by atoms with Gasteiger partial charge in [0, 0.05) is 9.77 Å². The lowest BCUT2D eigenvalue weighted by Gasteiger charge is -2.09. The van der Waals surface area contributed by atoms with Gasteiger partial charge in [0.2, 0.25) is 0 Å². The summed E-state index contributed by atoms with van der Waals surface area (Å²) in [7, 11) is 0. The summed E-state index contributed by atoms with van der Waals surface area (Å²) in [6, 6.07) is 10.7. The zero-order chi connectivity index (χ0) is 17.4. The number of ketones is 1. The maximum Gasteiger partial charge on any atom is 0.339 e. The number of thiophene rings is 1. The minimum Gasteiger partial charge on any atom is -0.452 e. The van der Waals surface area contributed by atoms with Crippen molar-refractivity contribution in [3.63, 3.8) is 0 Å². The normalized spacial score (nSPS) is 10.2. The highest BCUT2D eigenvalue weighted by Crippen LogP contribution is 2.23. The first kappa shape index (κ1) is 18.2. The summed E-state index contributed by atoms with van der Waals surface area (Å²) in [6.45, 7) is 1.57. The van der Waals surface area contributed by atoms with Crippen LogP contribution in [0.4, 0.5) is 0 Å². The molecule has 0 fully saturated rings. The van der Waals surface area contributed by atoms with Crippen LogP contribution < -0.4 is 5.32 Å². The van der Waals surface area contributed by atoms with Gasteiger partial charge in [-0.3, -0.25) is 9.59 Å². The maximum atomic E-state index is 12.1. The molecule has 1 N–H and O–H groups in total. The average Bonchev–Trinajstić information content (AvgIpc) is 3.09. The van der Waals surface area contributed by atoms with Gasteiger partial charge in [-0.15, -0.1) is 23.1 Å². The number of hydrogen-bond donors (Lipinski definition) is 1. The summed E-state index contributed by atoms with van der Waals surface area (Å²) in [6.07, 6.45) is 0. The fraction of sp³-hybridized carbons (Fsp3) is 0.235. The van der Waals surface area contributed by atoms with E-state index in [0.717, 1.165) is 4.88 Å². The molecule has 5 nitrogen and oxygen atoms in total. The number of nitrogens with one attached hydrogen (secondary N) is 1. The van der Waals surface area contributed by atoms with Gasteiger partial charge in [0.1, 0.15) is 5.78 Å². The lowest BCUT2D eigenvalue weighted by molar-refractivity contribution is -0.124. The standard InChI is InChI=1S/C17H17NO4S2/c1-12(19)11-24-15-7-3-2-6-14(15)17(21)22-10-16(20)18-9-13-5-4-8-23-13/h2-8H,9-11H2,1H3,(H,18,20). The lowest BCUT2D eigenvalue weighted by atomic mass is 10.2. The van der Waals surface area contributed by atoms with Gasteiger partial charge in [-0.1, -0.05) is 18.2 Å². The Labute approximate surface area is 148 Å². The van der Waals surface area contributed by atoms with Crippen LogP contribution in [-0.4, -0.2) is 30.0 Å². The number of ether oxygens (including phenoxy) is 1. The fourth-order valence-corrected chi connectivity index (χ4v) is 3.28. The molecule has 0 spiro atoms. The van der Waals surface area contributed by atoms with E-state index in [9.17, 15) is 14.4 Å². The van der Waals surface area contributed by atoms with Crippen molar-refractivity contribution in [3.05, 3.63) is 52.2 Å². The van der Waals surface area contributed by atoms with Crippen LogP contribution in [0.2, 0.25) is 0 Å². The Morgan fingerprint density at radius 3 is 2.67 bits per heavy atom. The molecule has 2 aromatic rings. The Morgan fingerprint density at radius 1 is 1.17 bits per heavy atom. The van der Waals surface area contributed by atoms with Gasteiger partial charge in [0.05, 0.1) is 17.9 Å². The molecule has 7 heteroatoms. The van der Waals surface area contributed by atoms with Gasteiger partial charge in [-0.05, 0) is 30.5 Å². The highest BCUT2D eigenvalue weighted by Gasteiger charge is 2.15. The summed E-state index contributed by atoms with van der Waals surface area (Å²) in [5.74, 6) is -0.624. The molecular formula is C17H17NO4S2. The van der Waals surface area contributed by atoms with Gasteiger partial charge in [0.15, 0.2) is 6.61 Å². The number of hydrogen-bond acceptors (Lipinski definition) is 6. The Bertz CT molecular complexity index is 713. The van der Waals surface area contributed by atoms with Crippen LogP contribution in [0, 0.1) is 0 Å². The number of rotatable bonds is 8. The van der Waals surface area contributed by atoms with Crippen LogP contribution in [0.3, 0.4) is 0 Å². The zero-order valence-corrected chi connectivity index (χ0v) is 14.7. The van der Waals surface area contributed by atoms with E-state index in [4.69, 9.17) is 4.74 Å². The summed E-state index contributed by atoms with van der Waals surface area (Å²) >= 11 is 2.82. The minimum atomic E-state index is -0.576. The van der Waals surface area contributed by atoms with Crippen LogP contribution in [-0.2, 0) is 20.9 Å². The number of thioether (sulfide) groups is 1. The number of benzene rings is 1. The molecule has 24 heavy (non-hydrogen) atoms. The van der Waals surface area contributed by atoms with Gasteiger partial charge < -0.3 is 10.1 Å². The third kappa shape index (κ3) is 5.82. The van der Waals surface area contributed by atoms with Crippen molar-refractivity contribution in [2.75, 3.05) is 12.4 Å². The van der Waals surface area contributed by atoms with E-state index < -0.39 is 5.97 Å². The monoisotopic (exact) mass is 363 g/mol. The SMILES string of the molecule is CC(=O)CSc1ccccc1C(=O)OCC(=O)NCc1cccs1. The summed E-state index contributed by atoms with van der Waals surface area (Å²) in [5, 5.41) is 4.62. The van der Waals surface area contributed by atoms with Gasteiger partial charge in [0.25, 0.3) is 5.91 Å². The smallest absolute Gasteiger partial charge is 0.339 e. The Kier molecular flexibility index (Phi) is 7.02. The van der Waals surface area contributed by atoms with Crippen LogP contribution in [0.1, 0.15) is 22.2 Å². The van der Waals surface area contributed by atoms with Crippen molar-refractivity contribution in [3.8, 4) is 0 Å². The molecule has 0 aliphatic heterocycles. The molecule has 0 unspecified atom stereocenters. The van der Waals surface area contributed by atoms with Crippen LogP contribution in [0.25, 0.3) is 0 Å². The van der Waals surface area contributed by atoms with E-state index in [0.29, 0.717) is 17.0 Å². The Balaban J connectivity index is 1.85. The molecule has 1 aromatic heterocycles. The van der Waals surface area contributed by atoms with Gasteiger partial charge in [-0.2, -0.15) is 0 Å². The molecule has 0 saturated carbocycles. The van der Waals surface area contributed by atoms with Gasteiger partial charge >= 0.3 is 5.97 Å². The predicted molar refractivity (Wildman–Crippen MR) is 94.3 cm³/mol. The highest BCUT2D eigenvalue weighted by atomic mass is 32.2. The van der Waals surface area contributed by atoms with E-state index in [1.807, 2.05) is 17.5 Å². The molecule has 0 aliphatic carbocycles. The first-order valence-electron chi connectivity index (χ1n) is 7.23. The van der Waals surface area contributed by atoms with E-state index in [-0.39, 0.29) is 24.1 Å². The third-order valence-corrected chi connectivity index (χ3v) is 5.01. The summed E-state index contributed by atoms with van der Waals surface area (Å²) < 4.78 is 5.06. The highest BCUT2D eigenvalue weighted by molar-refractivity contribution is 8.00. The van der Waals surface area contributed by atoms with Crippen molar-refractivity contribution in [2.45, 2.75) is 18.4 Å². The molecule has 1 aromatic carbocycles. The van der Waals surface area contributed by atoms with Crippen molar-refractivity contribution < 1.29 is 19.1 Å². The number of carbonyl (C=O) groups excluding carboxylic acids is 3. The largest absolute Gasteiger partial charge is 0.452 e. The molecule has 0 aliphatic rings. The second-order valence-electron chi connectivity index (χ2n) is 4.92. The van der Waals surface area contributed by atoms with Crippen molar-refractivity contribution in [2.24, 2.45) is 0 Å². The molecule has 0 radical (unpaired) electrons. The van der Waals surface area contributed by atoms with Gasteiger partial charge in [-0.25, -0.2) is 4.79 Å². The van der Waals surface area contributed by atoms with Crippen molar-refractivity contribution in [1.29, 1.82) is 0 Å². The van der Waals surface area contributed by atoms with Crippen LogP contribution in [0.15, 0.2) is 46.7 Å². The first-order valence-corrected chi connectivity index (χ1v) is 9.10. The maximum absolute atomic E-state index is 12.1. The third-order valence-electron chi connectivity index (χ3n) is 2.91. The van der Waals surface area contributed by atoms with E-state index in [1.54, 1.807) is 35.6 Å². The molecule has 0 saturated heterocycles. The zero-order valence-electron chi connectivity index (χ0n) is 13.1. The summed E-state index contributed by atoms with van der Waals surface area (Å²) in [5.41, 5.74) is 0.356. The summed E-state index contributed by atoms with van der Waals surface area (Å²) in [4.78, 5) is 36.7. The Morgan fingerprint density at radius 2 is 1.96 bits per heavy atom. The fourth-order valence-electron chi connectivity index (χ4n) is 1.80. The number of carbonyl (C=O) groups is 3. The lowest BCUT2D eigenvalue weighted by Crippen LogP contribution is -2.28. The second kappa shape index (κ2) is 9.24. The molecule has 0 atom stereocenters.